The minimum Gasteiger partial charge on any atom is -0.497 e. The summed E-state index contributed by atoms with van der Waals surface area (Å²) in [4.78, 5) is 0. The molecule has 0 amide bonds. The van der Waals surface area contributed by atoms with E-state index in [1.807, 2.05) is 18.2 Å². The second kappa shape index (κ2) is 5.30. The molecule has 1 nitrogen and oxygen atoms in total. The zero-order chi connectivity index (χ0) is 12.1. The van der Waals surface area contributed by atoms with Crippen LogP contribution in [0.1, 0.15) is 11.1 Å². The van der Waals surface area contributed by atoms with Gasteiger partial charge in [0.1, 0.15) is 11.6 Å². The molecule has 0 unspecified atom stereocenters. The van der Waals surface area contributed by atoms with Crippen molar-refractivity contribution in [2.24, 2.45) is 0 Å². The van der Waals surface area contributed by atoms with E-state index in [0.717, 1.165) is 5.56 Å². The standard InChI is InChI=1S/C15H12FO/c1-17-14-9-5-6-12(10-14)11-15(16)13-7-3-2-4-8-13/h3-11H,1H3/b15-11+. The van der Waals surface area contributed by atoms with Crippen molar-refractivity contribution >= 4 is 11.9 Å². The minimum absolute atomic E-state index is 0.271. The van der Waals surface area contributed by atoms with Gasteiger partial charge in [0.05, 0.1) is 7.11 Å². The highest BCUT2D eigenvalue weighted by molar-refractivity contribution is 5.76. The van der Waals surface area contributed by atoms with Crippen LogP contribution >= 0.6 is 0 Å². The van der Waals surface area contributed by atoms with E-state index in [1.165, 1.54) is 6.08 Å². The van der Waals surface area contributed by atoms with Crippen molar-refractivity contribution < 1.29 is 9.13 Å². The van der Waals surface area contributed by atoms with Gasteiger partial charge in [-0.1, -0.05) is 36.4 Å². The summed E-state index contributed by atoms with van der Waals surface area (Å²) in [6, 6.07) is 16.9. The molecule has 2 heteroatoms. The monoisotopic (exact) mass is 227 g/mol. The summed E-state index contributed by atoms with van der Waals surface area (Å²) in [6.45, 7) is 0. The number of halogens is 1. The average molecular weight is 227 g/mol. The van der Waals surface area contributed by atoms with Crippen molar-refractivity contribution in [2.45, 2.75) is 0 Å². The van der Waals surface area contributed by atoms with Gasteiger partial charge >= 0.3 is 0 Å². The zero-order valence-electron chi connectivity index (χ0n) is 9.48. The van der Waals surface area contributed by atoms with Gasteiger partial charge in [0.25, 0.3) is 0 Å². The van der Waals surface area contributed by atoms with Crippen LogP contribution in [-0.2, 0) is 0 Å². The third-order valence-corrected chi connectivity index (χ3v) is 2.38. The van der Waals surface area contributed by atoms with Gasteiger partial charge in [0.15, 0.2) is 0 Å². The molecular formula is C15H12FO. The Kier molecular flexibility index (Phi) is 3.55. The van der Waals surface area contributed by atoms with Gasteiger partial charge in [0, 0.05) is 5.56 Å². The van der Waals surface area contributed by atoms with Crippen LogP contribution in [0.5, 0.6) is 5.75 Å². The van der Waals surface area contributed by atoms with Gasteiger partial charge in [-0.3, -0.25) is 0 Å². The Bertz CT molecular complexity index is 517. The van der Waals surface area contributed by atoms with Gasteiger partial charge in [-0.25, -0.2) is 4.39 Å². The number of hydrogen-bond acceptors (Lipinski definition) is 1. The fraction of sp³-hybridized carbons (Fsp3) is 0.0667. The summed E-state index contributed by atoms with van der Waals surface area (Å²) >= 11 is 0. The van der Waals surface area contributed by atoms with E-state index in [9.17, 15) is 4.39 Å². The molecule has 0 heterocycles. The molecule has 2 rings (SSSR count). The molecule has 0 fully saturated rings. The number of ether oxygens (including phenoxy) is 1. The molecule has 0 aliphatic carbocycles. The molecule has 85 valence electrons. The van der Waals surface area contributed by atoms with Gasteiger partial charge < -0.3 is 4.74 Å². The second-order valence-electron chi connectivity index (χ2n) is 3.56. The fourth-order valence-electron chi connectivity index (χ4n) is 1.51. The zero-order valence-corrected chi connectivity index (χ0v) is 9.48. The Balaban J connectivity index is 2.29. The molecule has 0 N–H and O–H groups in total. The first-order valence-electron chi connectivity index (χ1n) is 5.27. The number of methoxy groups -OCH3 is 1. The molecule has 2 aromatic rings. The maximum Gasteiger partial charge on any atom is 0.131 e. The van der Waals surface area contributed by atoms with E-state index in [4.69, 9.17) is 4.74 Å². The van der Waals surface area contributed by atoms with Crippen molar-refractivity contribution in [1.29, 1.82) is 0 Å². The molecule has 0 aliphatic rings. The van der Waals surface area contributed by atoms with Gasteiger partial charge in [-0.2, -0.15) is 0 Å². The van der Waals surface area contributed by atoms with Crippen LogP contribution in [0.25, 0.3) is 11.9 Å². The molecule has 1 radical (unpaired) electrons. The quantitative estimate of drug-likeness (QED) is 0.721. The van der Waals surface area contributed by atoms with Crippen LogP contribution < -0.4 is 4.74 Å². The van der Waals surface area contributed by atoms with Crippen LogP contribution in [0.15, 0.2) is 48.5 Å². The third kappa shape index (κ3) is 2.94. The molecule has 0 saturated heterocycles. The Labute approximate surface area is 100 Å². The summed E-state index contributed by atoms with van der Waals surface area (Å²) < 4.78 is 18.9. The lowest BCUT2D eigenvalue weighted by atomic mass is 10.1. The van der Waals surface area contributed by atoms with E-state index < -0.39 is 0 Å². The largest absolute Gasteiger partial charge is 0.497 e. The van der Waals surface area contributed by atoms with Crippen LogP contribution in [0.4, 0.5) is 4.39 Å². The molecule has 0 aliphatic heterocycles. The third-order valence-electron chi connectivity index (χ3n) is 2.38. The van der Waals surface area contributed by atoms with E-state index in [1.54, 1.807) is 37.4 Å². The highest BCUT2D eigenvalue weighted by atomic mass is 19.1. The van der Waals surface area contributed by atoms with E-state index in [-0.39, 0.29) is 5.83 Å². The van der Waals surface area contributed by atoms with Crippen molar-refractivity contribution in [1.82, 2.24) is 0 Å². The molecular weight excluding hydrogens is 215 g/mol. The number of hydrogen-bond donors (Lipinski definition) is 0. The van der Waals surface area contributed by atoms with Gasteiger partial charge in [-0.15, -0.1) is 0 Å². The van der Waals surface area contributed by atoms with Crippen LogP contribution in [0.2, 0.25) is 0 Å². The highest BCUT2D eigenvalue weighted by Crippen LogP contribution is 2.21. The summed E-state index contributed by atoms with van der Waals surface area (Å²) in [5.74, 6) is 0.445. The lowest BCUT2D eigenvalue weighted by Gasteiger charge is -2.01. The Hall–Kier alpha value is -2.09. The highest BCUT2D eigenvalue weighted by Gasteiger charge is 2.00. The van der Waals surface area contributed by atoms with E-state index in [2.05, 4.69) is 6.07 Å². The maximum absolute atomic E-state index is 13.9. The minimum atomic E-state index is -0.271. The van der Waals surface area contributed by atoms with Crippen molar-refractivity contribution in [3.63, 3.8) is 0 Å². The van der Waals surface area contributed by atoms with Crippen LogP contribution in [0.3, 0.4) is 0 Å². The predicted octanol–water partition coefficient (Wildman–Crippen LogP) is 3.96. The normalized spacial score (nSPS) is 11.3. The lowest BCUT2D eigenvalue weighted by molar-refractivity contribution is 0.414. The second-order valence-corrected chi connectivity index (χ2v) is 3.56. The Morgan fingerprint density at radius 1 is 1.24 bits per heavy atom. The van der Waals surface area contributed by atoms with Gasteiger partial charge in [0.2, 0.25) is 0 Å². The first kappa shape index (κ1) is 11.4. The first-order chi connectivity index (χ1) is 8.29. The SMILES string of the molecule is COc1cccc(/C=C(/F)c2cc[c]cc2)c1. The summed E-state index contributed by atoms with van der Waals surface area (Å²) in [5, 5.41) is 0. The summed E-state index contributed by atoms with van der Waals surface area (Å²) in [5.41, 5.74) is 1.32. The average Bonchev–Trinajstić information content (AvgIpc) is 2.40. The van der Waals surface area contributed by atoms with Crippen molar-refractivity contribution in [3.05, 3.63) is 65.7 Å². The Morgan fingerprint density at radius 2 is 2.00 bits per heavy atom. The molecule has 0 atom stereocenters. The number of rotatable bonds is 3. The van der Waals surface area contributed by atoms with Crippen LogP contribution in [-0.4, -0.2) is 7.11 Å². The van der Waals surface area contributed by atoms with E-state index >= 15 is 0 Å². The maximum atomic E-state index is 13.9. The number of benzene rings is 2. The van der Waals surface area contributed by atoms with Gasteiger partial charge in [-0.05, 0) is 29.8 Å². The van der Waals surface area contributed by atoms with Crippen molar-refractivity contribution in [2.75, 3.05) is 7.11 Å². The lowest BCUT2D eigenvalue weighted by Crippen LogP contribution is -1.83. The topological polar surface area (TPSA) is 9.23 Å². The fourth-order valence-corrected chi connectivity index (χ4v) is 1.51. The summed E-state index contributed by atoms with van der Waals surface area (Å²) in [6.07, 6.45) is 1.48. The molecule has 0 aromatic heterocycles. The first-order valence-corrected chi connectivity index (χ1v) is 5.27. The van der Waals surface area contributed by atoms with E-state index in [0.29, 0.717) is 11.3 Å². The summed E-state index contributed by atoms with van der Waals surface area (Å²) in [7, 11) is 1.59. The molecule has 17 heavy (non-hydrogen) atoms. The van der Waals surface area contributed by atoms with Crippen LogP contribution in [0, 0.1) is 6.07 Å². The van der Waals surface area contributed by atoms with Crippen molar-refractivity contribution in [3.8, 4) is 5.75 Å². The molecule has 0 bridgehead atoms. The molecule has 0 saturated carbocycles. The molecule has 0 spiro atoms. The Morgan fingerprint density at radius 3 is 2.71 bits per heavy atom. The molecule has 2 aromatic carbocycles. The predicted molar refractivity (Wildman–Crippen MR) is 67.3 cm³/mol. The smallest absolute Gasteiger partial charge is 0.131 e.